The molecule has 0 bridgehead atoms. The number of likely N-dealkylation sites (N-methyl/N-ethyl adjacent to an activating group) is 1. The summed E-state index contributed by atoms with van der Waals surface area (Å²) in [6, 6.07) is 9.97. The summed E-state index contributed by atoms with van der Waals surface area (Å²) in [7, 11) is 0. The lowest BCUT2D eigenvalue weighted by atomic mass is 9.98. The van der Waals surface area contributed by atoms with Crippen LogP contribution in [0.4, 0.5) is 11.5 Å². The average molecular weight is 367 g/mol. The van der Waals surface area contributed by atoms with E-state index in [2.05, 4.69) is 46.9 Å². The van der Waals surface area contributed by atoms with E-state index in [-0.39, 0.29) is 5.91 Å². The molecule has 0 spiro atoms. The maximum atomic E-state index is 12.7. The van der Waals surface area contributed by atoms with E-state index >= 15 is 0 Å². The van der Waals surface area contributed by atoms with Crippen molar-refractivity contribution in [1.29, 1.82) is 0 Å². The van der Waals surface area contributed by atoms with Gasteiger partial charge in [-0.3, -0.25) is 4.79 Å². The molecule has 1 aromatic carbocycles. The lowest BCUT2D eigenvalue weighted by Gasteiger charge is -2.34. The van der Waals surface area contributed by atoms with Gasteiger partial charge in [0.05, 0.1) is 5.56 Å². The Bertz CT molecular complexity index is 777. The van der Waals surface area contributed by atoms with Gasteiger partial charge in [-0.05, 0) is 42.6 Å². The van der Waals surface area contributed by atoms with Crippen molar-refractivity contribution in [1.82, 2.24) is 9.88 Å². The number of aromatic nitrogens is 1. The third-order valence-corrected chi connectivity index (χ3v) is 5.32. The van der Waals surface area contributed by atoms with Crippen molar-refractivity contribution in [3.63, 3.8) is 0 Å². The second kappa shape index (κ2) is 8.53. The molecule has 0 atom stereocenters. The molecule has 1 N–H and O–H groups in total. The Kier molecular flexibility index (Phi) is 6.11. The zero-order chi connectivity index (χ0) is 19.4. The van der Waals surface area contributed by atoms with Gasteiger partial charge in [0.1, 0.15) is 5.82 Å². The first-order valence-electron chi connectivity index (χ1n) is 9.83. The van der Waals surface area contributed by atoms with Crippen LogP contribution in [0.3, 0.4) is 0 Å². The summed E-state index contributed by atoms with van der Waals surface area (Å²) in [6.07, 6.45) is 1.68. The number of aryl methyl sites for hydroxylation is 1. The zero-order valence-electron chi connectivity index (χ0n) is 16.8. The Morgan fingerprint density at radius 1 is 1.15 bits per heavy atom. The van der Waals surface area contributed by atoms with Crippen LogP contribution in [0.15, 0.2) is 36.5 Å². The molecule has 1 fully saturated rings. The largest absolute Gasteiger partial charge is 0.354 e. The van der Waals surface area contributed by atoms with E-state index in [1.165, 1.54) is 0 Å². The van der Waals surface area contributed by atoms with Gasteiger partial charge in [-0.2, -0.15) is 0 Å². The molecule has 0 aliphatic carbocycles. The van der Waals surface area contributed by atoms with Crippen LogP contribution in [0.5, 0.6) is 0 Å². The second-order valence-electron chi connectivity index (χ2n) is 7.47. The lowest BCUT2D eigenvalue weighted by Crippen LogP contribution is -2.46. The first-order chi connectivity index (χ1) is 13.0. The molecule has 1 amide bonds. The van der Waals surface area contributed by atoms with E-state index in [1.807, 2.05) is 31.2 Å². The Labute approximate surface area is 162 Å². The number of carbonyl (C=O) groups is 1. The van der Waals surface area contributed by atoms with E-state index in [0.29, 0.717) is 11.5 Å². The number of hydrogen-bond acceptors (Lipinski definition) is 4. The van der Waals surface area contributed by atoms with Gasteiger partial charge in [0.15, 0.2) is 0 Å². The van der Waals surface area contributed by atoms with Crippen molar-refractivity contribution in [2.75, 3.05) is 42.9 Å². The molecule has 5 nitrogen and oxygen atoms in total. The SMILES string of the molecule is CCN1CCN(c2ccc(C(=O)Nc3c(C)cccc3C(C)C)cn2)CC1. The molecular weight excluding hydrogens is 336 g/mol. The first-order valence-corrected chi connectivity index (χ1v) is 9.83. The molecule has 27 heavy (non-hydrogen) atoms. The number of hydrogen-bond donors (Lipinski definition) is 1. The van der Waals surface area contributed by atoms with Crippen LogP contribution in [0.1, 0.15) is 48.2 Å². The first kappa shape index (κ1) is 19.4. The molecule has 1 aliphatic rings. The van der Waals surface area contributed by atoms with Crippen LogP contribution in [-0.4, -0.2) is 48.5 Å². The number of carbonyl (C=O) groups excluding carboxylic acids is 1. The molecule has 5 heteroatoms. The van der Waals surface area contributed by atoms with Gasteiger partial charge in [0, 0.05) is 38.1 Å². The number of amides is 1. The van der Waals surface area contributed by atoms with Gasteiger partial charge in [-0.25, -0.2) is 4.98 Å². The van der Waals surface area contributed by atoms with Crippen molar-refractivity contribution in [2.45, 2.75) is 33.6 Å². The molecule has 0 radical (unpaired) electrons. The Hall–Kier alpha value is -2.40. The fourth-order valence-corrected chi connectivity index (χ4v) is 3.53. The van der Waals surface area contributed by atoms with Crippen LogP contribution in [0.2, 0.25) is 0 Å². The van der Waals surface area contributed by atoms with Crippen molar-refractivity contribution < 1.29 is 4.79 Å². The van der Waals surface area contributed by atoms with Crippen molar-refractivity contribution >= 4 is 17.4 Å². The number of pyridine rings is 1. The monoisotopic (exact) mass is 366 g/mol. The van der Waals surface area contributed by atoms with Gasteiger partial charge >= 0.3 is 0 Å². The summed E-state index contributed by atoms with van der Waals surface area (Å²) in [4.78, 5) is 22.0. The van der Waals surface area contributed by atoms with Crippen LogP contribution in [-0.2, 0) is 0 Å². The predicted molar refractivity (Wildman–Crippen MR) is 112 cm³/mol. The fourth-order valence-electron chi connectivity index (χ4n) is 3.53. The molecule has 2 heterocycles. The second-order valence-corrected chi connectivity index (χ2v) is 7.47. The molecular formula is C22H30N4O. The Morgan fingerprint density at radius 3 is 2.48 bits per heavy atom. The van der Waals surface area contributed by atoms with Crippen molar-refractivity contribution in [2.24, 2.45) is 0 Å². The number of nitrogens with zero attached hydrogens (tertiary/aromatic N) is 3. The minimum absolute atomic E-state index is 0.110. The normalized spacial score (nSPS) is 15.2. The third kappa shape index (κ3) is 4.48. The zero-order valence-corrected chi connectivity index (χ0v) is 16.8. The highest BCUT2D eigenvalue weighted by molar-refractivity contribution is 6.05. The molecule has 1 saturated heterocycles. The Balaban J connectivity index is 1.70. The minimum atomic E-state index is -0.110. The number of rotatable bonds is 5. The summed E-state index contributed by atoms with van der Waals surface area (Å²) < 4.78 is 0. The minimum Gasteiger partial charge on any atom is -0.354 e. The highest BCUT2D eigenvalue weighted by Gasteiger charge is 2.18. The van der Waals surface area contributed by atoms with Crippen LogP contribution >= 0.6 is 0 Å². The number of anilines is 2. The van der Waals surface area contributed by atoms with Gasteiger partial charge in [-0.1, -0.05) is 39.0 Å². The average Bonchev–Trinajstić information content (AvgIpc) is 2.69. The molecule has 2 aromatic rings. The predicted octanol–water partition coefficient (Wildman–Crippen LogP) is 3.91. The highest BCUT2D eigenvalue weighted by atomic mass is 16.1. The third-order valence-electron chi connectivity index (χ3n) is 5.32. The number of nitrogens with one attached hydrogen (secondary N) is 1. The van der Waals surface area contributed by atoms with E-state index in [0.717, 1.165) is 55.4 Å². The summed E-state index contributed by atoms with van der Waals surface area (Å²) >= 11 is 0. The van der Waals surface area contributed by atoms with Crippen molar-refractivity contribution in [3.05, 3.63) is 53.2 Å². The summed E-state index contributed by atoms with van der Waals surface area (Å²) in [5.74, 6) is 1.18. The maximum absolute atomic E-state index is 12.7. The van der Waals surface area contributed by atoms with Gasteiger partial charge in [0.2, 0.25) is 0 Å². The van der Waals surface area contributed by atoms with Crippen LogP contribution in [0.25, 0.3) is 0 Å². The number of para-hydroxylation sites is 1. The molecule has 0 unspecified atom stereocenters. The fraction of sp³-hybridized carbons (Fsp3) is 0.455. The van der Waals surface area contributed by atoms with E-state index < -0.39 is 0 Å². The molecule has 1 aromatic heterocycles. The summed E-state index contributed by atoms with van der Waals surface area (Å²) in [5, 5.41) is 3.09. The van der Waals surface area contributed by atoms with E-state index in [1.54, 1.807) is 6.20 Å². The standard InChI is InChI=1S/C22H30N4O/c1-5-25-11-13-26(14-12-25)20-10-9-18(15-23-20)22(27)24-21-17(4)7-6-8-19(21)16(2)3/h6-10,15-16H,5,11-14H2,1-4H3,(H,24,27). The summed E-state index contributed by atoms with van der Waals surface area (Å²) in [6.45, 7) is 13.7. The van der Waals surface area contributed by atoms with Gasteiger partial charge in [-0.15, -0.1) is 0 Å². The van der Waals surface area contributed by atoms with E-state index in [9.17, 15) is 4.79 Å². The molecule has 0 saturated carbocycles. The van der Waals surface area contributed by atoms with Crippen molar-refractivity contribution in [3.8, 4) is 0 Å². The quantitative estimate of drug-likeness (QED) is 0.872. The summed E-state index contributed by atoms with van der Waals surface area (Å²) in [5.41, 5.74) is 3.73. The topological polar surface area (TPSA) is 48.5 Å². The highest BCUT2D eigenvalue weighted by Crippen LogP contribution is 2.28. The lowest BCUT2D eigenvalue weighted by molar-refractivity contribution is 0.102. The Morgan fingerprint density at radius 2 is 1.89 bits per heavy atom. The number of benzene rings is 1. The van der Waals surface area contributed by atoms with Gasteiger partial charge < -0.3 is 15.1 Å². The smallest absolute Gasteiger partial charge is 0.257 e. The van der Waals surface area contributed by atoms with Crippen LogP contribution < -0.4 is 10.2 Å². The molecule has 3 rings (SSSR count). The number of piperazine rings is 1. The maximum Gasteiger partial charge on any atom is 0.257 e. The van der Waals surface area contributed by atoms with E-state index in [4.69, 9.17) is 0 Å². The molecule has 144 valence electrons. The van der Waals surface area contributed by atoms with Gasteiger partial charge in [0.25, 0.3) is 5.91 Å². The molecule has 1 aliphatic heterocycles. The van der Waals surface area contributed by atoms with Crippen LogP contribution in [0, 0.1) is 6.92 Å².